The summed E-state index contributed by atoms with van der Waals surface area (Å²) in [6, 6.07) is 3.70. The van der Waals surface area contributed by atoms with E-state index in [9.17, 15) is 10.1 Å². The Labute approximate surface area is 119 Å². The highest BCUT2D eigenvalue weighted by atomic mass is 35.5. The fraction of sp³-hybridized carbons (Fsp3) is 0.364. The predicted molar refractivity (Wildman–Crippen MR) is 75.9 cm³/mol. The third-order valence-corrected chi connectivity index (χ3v) is 3.90. The van der Waals surface area contributed by atoms with E-state index >= 15 is 0 Å². The molecule has 2 heterocycles. The summed E-state index contributed by atoms with van der Waals surface area (Å²) >= 11 is 7.29. The molecule has 0 aromatic carbocycles. The molecule has 0 atom stereocenters. The van der Waals surface area contributed by atoms with Crippen LogP contribution >= 0.6 is 22.9 Å². The highest BCUT2D eigenvalue weighted by molar-refractivity contribution is 7.16. The first-order valence-corrected chi connectivity index (χ1v) is 6.90. The zero-order valence-corrected chi connectivity index (χ0v) is 12.1. The summed E-state index contributed by atoms with van der Waals surface area (Å²) in [6.07, 6.45) is 0.524. The van der Waals surface area contributed by atoms with Crippen molar-refractivity contribution in [2.24, 2.45) is 7.05 Å². The molecule has 1 N–H and O–H groups in total. The third kappa shape index (κ3) is 2.87. The van der Waals surface area contributed by atoms with Crippen molar-refractivity contribution < 1.29 is 4.92 Å². The van der Waals surface area contributed by atoms with Gasteiger partial charge in [-0.05, 0) is 18.6 Å². The van der Waals surface area contributed by atoms with E-state index in [1.54, 1.807) is 13.1 Å². The van der Waals surface area contributed by atoms with E-state index in [2.05, 4.69) is 10.4 Å². The average Bonchev–Trinajstić information content (AvgIpc) is 2.90. The standard InChI is InChI=1S/C11H13ClN4O2S/c1-3-8-10(16(17)18)11(15(2)14-8)13-6-7-4-5-9(12)19-7/h4-5,13H,3,6H2,1-2H3. The summed E-state index contributed by atoms with van der Waals surface area (Å²) in [4.78, 5) is 11.7. The first kappa shape index (κ1) is 13.8. The molecule has 6 nitrogen and oxygen atoms in total. The van der Waals surface area contributed by atoms with Gasteiger partial charge in [-0.15, -0.1) is 11.3 Å². The van der Waals surface area contributed by atoms with Crippen LogP contribution in [0.5, 0.6) is 0 Å². The Morgan fingerprint density at radius 1 is 1.58 bits per heavy atom. The molecule has 0 amide bonds. The Morgan fingerprint density at radius 2 is 2.32 bits per heavy atom. The number of anilines is 1. The van der Waals surface area contributed by atoms with Crippen LogP contribution in [0.1, 0.15) is 17.5 Å². The first-order valence-electron chi connectivity index (χ1n) is 5.71. The van der Waals surface area contributed by atoms with Crippen molar-refractivity contribution in [2.45, 2.75) is 19.9 Å². The summed E-state index contributed by atoms with van der Waals surface area (Å²) in [7, 11) is 1.69. The van der Waals surface area contributed by atoms with Crippen molar-refractivity contribution >= 4 is 34.4 Å². The summed E-state index contributed by atoms with van der Waals surface area (Å²) in [5.74, 6) is 0.423. The van der Waals surface area contributed by atoms with Crippen molar-refractivity contribution in [3.05, 3.63) is 37.2 Å². The van der Waals surface area contributed by atoms with Crippen molar-refractivity contribution in [1.29, 1.82) is 0 Å². The quantitative estimate of drug-likeness (QED) is 0.679. The Bertz CT molecular complexity index is 608. The van der Waals surface area contributed by atoms with Gasteiger partial charge in [0.25, 0.3) is 0 Å². The van der Waals surface area contributed by atoms with Crippen molar-refractivity contribution in [2.75, 3.05) is 5.32 Å². The first-order chi connectivity index (χ1) is 9.02. The third-order valence-electron chi connectivity index (χ3n) is 2.67. The number of nitrogens with zero attached hydrogens (tertiary/aromatic N) is 3. The van der Waals surface area contributed by atoms with Crippen LogP contribution in [0.4, 0.5) is 11.5 Å². The molecule has 2 aromatic heterocycles. The predicted octanol–water partition coefficient (Wildman–Crippen LogP) is 3.22. The molecule has 19 heavy (non-hydrogen) atoms. The molecule has 0 saturated heterocycles. The fourth-order valence-corrected chi connectivity index (χ4v) is 2.84. The molecule has 0 bridgehead atoms. The lowest BCUT2D eigenvalue weighted by Gasteiger charge is -2.04. The average molecular weight is 301 g/mol. The van der Waals surface area contributed by atoms with E-state index < -0.39 is 4.92 Å². The van der Waals surface area contributed by atoms with Crippen molar-refractivity contribution in [1.82, 2.24) is 9.78 Å². The minimum Gasteiger partial charge on any atom is -0.360 e. The second kappa shape index (κ2) is 5.58. The number of nitrogens with one attached hydrogen (secondary N) is 1. The maximum absolute atomic E-state index is 11.1. The Hall–Kier alpha value is -1.60. The molecule has 0 aliphatic heterocycles. The highest BCUT2D eigenvalue weighted by Gasteiger charge is 2.25. The number of rotatable bonds is 5. The lowest BCUT2D eigenvalue weighted by atomic mass is 10.3. The highest BCUT2D eigenvalue weighted by Crippen LogP contribution is 2.29. The van der Waals surface area contributed by atoms with Gasteiger partial charge < -0.3 is 5.32 Å². The van der Waals surface area contributed by atoms with Crippen LogP contribution in [-0.4, -0.2) is 14.7 Å². The summed E-state index contributed by atoms with van der Waals surface area (Å²) in [5.41, 5.74) is 0.534. The van der Waals surface area contributed by atoms with Crippen LogP contribution in [0.3, 0.4) is 0 Å². The molecule has 0 spiro atoms. The lowest BCUT2D eigenvalue weighted by molar-refractivity contribution is -0.384. The molecular weight excluding hydrogens is 288 g/mol. The van der Waals surface area contributed by atoms with Gasteiger partial charge in [-0.2, -0.15) is 5.10 Å². The number of hydrogen-bond donors (Lipinski definition) is 1. The molecular formula is C11H13ClN4O2S. The summed E-state index contributed by atoms with van der Waals surface area (Å²) in [5, 5.41) is 18.3. The van der Waals surface area contributed by atoms with Crippen LogP contribution in [0.2, 0.25) is 4.34 Å². The smallest absolute Gasteiger partial charge is 0.333 e. The summed E-state index contributed by atoms with van der Waals surface area (Å²) < 4.78 is 2.21. The Balaban J connectivity index is 2.24. The van der Waals surface area contributed by atoms with E-state index in [-0.39, 0.29) is 5.69 Å². The second-order valence-corrected chi connectivity index (χ2v) is 5.74. The molecule has 0 fully saturated rings. The molecule has 0 radical (unpaired) electrons. The van der Waals surface area contributed by atoms with Crippen LogP contribution in [0, 0.1) is 10.1 Å². The van der Waals surface area contributed by atoms with Gasteiger partial charge in [0.1, 0.15) is 5.69 Å². The van der Waals surface area contributed by atoms with Crippen LogP contribution < -0.4 is 5.32 Å². The van der Waals surface area contributed by atoms with Gasteiger partial charge in [-0.25, -0.2) is 4.68 Å². The van der Waals surface area contributed by atoms with Crippen molar-refractivity contribution in [3.63, 3.8) is 0 Å². The van der Waals surface area contributed by atoms with Crippen molar-refractivity contribution in [3.8, 4) is 0 Å². The summed E-state index contributed by atoms with van der Waals surface area (Å²) in [6.45, 7) is 2.33. The Kier molecular flexibility index (Phi) is 4.06. The van der Waals surface area contributed by atoms with E-state index in [0.29, 0.717) is 28.8 Å². The minimum atomic E-state index is -0.393. The molecule has 0 saturated carbocycles. The number of aryl methyl sites for hydroxylation is 2. The molecule has 102 valence electrons. The van der Waals surface area contributed by atoms with Crippen LogP contribution in [0.25, 0.3) is 0 Å². The fourth-order valence-electron chi connectivity index (χ4n) is 1.81. The van der Waals surface area contributed by atoms with Gasteiger partial charge in [-0.3, -0.25) is 10.1 Å². The van der Waals surface area contributed by atoms with E-state index in [1.807, 2.05) is 13.0 Å². The second-order valence-electron chi connectivity index (χ2n) is 3.94. The molecule has 0 aliphatic carbocycles. The number of aromatic nitrogens is 2. The SMILES string of the molecule is CCc1nn(C)c(NCc2ccc(Cl)s2)c1[N+](=O)[O-]. The number of thiophene rings is 1. The molecule has 8 heteroatoms. The number of halogens is 1. The van der Waals surface area contributed by atoms with Gasteiger partial charge in [-0.1, -0.05) is 18.5 Å². The van der Waals surface area contributed by atoms with Gasteiger partial charge in [0.2, 0.25) is 5.82 Å². The van der Waals surface area contributed by atoms with Gasteiger partial charge in [0.15, 0.2) is 0 Å². The Morgan fingerprint density at radius 3 is 2.84 bits per heavy atom. The monoisotopic (exact) mass is 300 g/mol. The zero-order chi connectivity index (χ0) is 14.0. The van der Waals surface area contributed by atoms with Crippen LogP contribution in [0.15, 0.2) is 12.1 Å². The largest absolute Gasteiger partial charge is 0.360 e. The minimum absolute atomic E-state index is 0.0488. The van der Waals surface area contributed by atoms with Gasteiger partial charge in [0, 0.05) is 11.9 Å². The van der Waals surface area contributed by atoms with E-state index in [4.69, 9.17) is 11.6 Å². The topological polar surface area (TPSA) is 73.0 Å². The number of nitro groups is 1. The van der Waals surface area contributed by atoms with E-state index in [1.165, 1.54) is 16.0 Å². The lowest BCUT2D eigenvalue weighted by Crippen LogP contribution is -2.05. The zero-order valence-electron chi connectivity index (χ0n) is 10.5. The normalized spacial score (nSPS) is 10.7. The van der Waals surface area contributed by atoms with Gasteiger partial charge >= 0.3 is 5.69 Å². The maximum atomic E-state index is 11.1. The number of hydrogen-bond acceptors (Lipinski definition) is 5. The molecule has 0 aliphatic rings. The molecule has 2 aromatic rings. The van der Waals surface area contributed by atoms with E-state index in [0.717, 1.165) is 4.88 Å². The maximum Gasteiger partial charge on any atom is 0.333 e. The molecule has 2 rings (SSSR count). The van der Waals surface area contributed by atoms with Crippen LogP contribution in [-0.2, 0) is 20.0 Å². The van der Waals surface area contributed by atoms with Gasteiger partial charge in [0.05, 0.1) is 15.8 Å². The molecule has 0 unspecified atom stereocenters.